The Kier molecular flexibility index (Phi) is 3.02. The van der Waals surface area contributed by atoms with E-state index >= 15 is 0 Å². The number of hydrogen-bond donors (Lipinski definition) is 2. The highest BCUT2D eigenvalue weighted by atomic mass is 79.9. The number of anilines is 2. The van der Waals surface area contributed by atoms with Crippen molar-refractivity contribution in [1.82, 2.24) is 10.2 Å². The molecule has 1 aliphatic rings. The third kappa shape index (κ3) is 2.02. The fourth-order valence-electron chi connectivity index (χ4n) is 2.34. The molecule has 5 nitrogen and oxygen atoms in total. The van der Waals surface area contributed by atoms with Gasteiger partial charge in [-0.05, 0) is 40.9 Å². The fourth-order valence-corrected chi connectivity index (χ4v) is 2.70. The van der Waals surface area contributed by atoms with E-state index < -0.39 is 0 Å². The summed E-state index contributed by atoms with van der Waals surface area (Å²) < 4.78 is 0.739. The Balaban J connectivity index is 2.00. The second-order valence-corrected chi connectivity index (χ2v) is 5.35. The third-order valence-corrected chi connectivity index (χ3v) is 4.01. The lowest BCUT2D eigenvalue weighted by Crippen LogP contribution is -2.35. The summed E-state index contributed by atoms with van der Waals surface area (Å²) in [6.07, 6.45) is 3.54. The molecule has 2 aromatic rings. The standard InChI is InChI=1S/C13H13BrN4O/c14-9-4-1-3-8(12(9)15)13(19)18-6-2-5-10-11(18)7-16-17-10/h1,3-4,7H,2,5-6,15H2,(H,16,17). The molecule has 0 atom stereocenters. The van der Waals surface area contributed by atoms with Gasteiger partial charge in [-0.3, -0.25) is 9.89 Å². The molecule has 1 aliphatic heterocycles. The van der Waals surface area contributed by atoms with Crippen LogP contribution in [0.4, 0.5) is 11.4 Å². The average Bonchev–Trinajstić information content (AvgIpc) is 2.89. The molecule has 0 saturated carbocycles. The molecule has 1 amide bonds. The molecule has 0 bridgehead atoms. The predicted octanol–water partition coefficient (Wildman–Crippen LogP) is 2.35. The third-order valence-electron chi connectivity index (χ3n) is 3.32. The highest BCUT2D eigenvalue weighted by molar-refractivity contribution is 9.10. The van der Waals surface area contributed by atoms with Crippen molar-refractivity contribution in [3.8, 4) is 0 Å². The van der Waals surface area contributed by atoms with Gasteiger partial charge in [-0.1, -0.05) is 6.07 Å². The van der Waals surface area contributed by atoms with E-state index in [0.717, 1.165) is 28.7 Å². The van der Waals surface area contributed by atoms with Crippen LogP contribution in [0.2, 0.25) is 0 Å². The van der Waals surface area contributed by atoms with Gasteiger partial charge >= 0.3 is 0 Å². The fraction of sp³-hybridized carbons (Fsp3) is 0.231. The molecule has 3 rings (SSSR count). The highest BCUT2D eigenvalue weighted by Crippen LogP contribution is 2.29. The van der Waals surface area contributed by atoms with Crippen LogP contribution in [0.15, 0.2) is 28.9 Å². The number of carbonyl (C=O) groups is 1. The summed E-state index contributed by atoms with van der Waals surface area (Å²) in [6, 6.07) is 5.39. The molecule has 98 valence electrons. The lowest BCUT2D eigenvalue weighted by Gasteiger charge is -2.26. The van der Waals surface area contributed by atoms with Crippen molar-refractivity contribution in [2.24, 2.45) is 0 Å². The minimum Gasteiger partial charge on any atom is -0.397 e. The number of aromatic amines is 1. The Morgan fingerprint density at radius 2 is 2.32 bits per heavy atom. The van der Waals surface area contributed by atoms with Gasteiger partial charge in [-0.25, -0.2) is 0 Å². The first-order valence-electron chi connectivity index (χ1n) is 6.06. The first-order chi connectivity index (χ1) is 9.18. The molecule has 0 saturated heterocycles. The van der Waals surface area contributed by atoms with Crippen LogP contribution in [-0.2, 0) is 6.42 Å². The second kappa shape index (κ2) is 4.70. The highest BCUT2D eigenvalue weighted by Gasteiger charge is 2.26. The topological polar surface area (TPSA) is 75.0 Å². The first kappa shape index (κ1) is 12.2. The Hall–Kier alpha value is -1.82. The summed E-state index contributed by atoms with van der Waals surface area (Å²) in [5, 5.41) is 6.95. The number of rotatable bonds is 1. The quantitative estimate of drug-likeness (QED) is 0.792. The number of amides is 1. The number of aromatic nitrogens is 2. The summed E-state index contributed by atoms with van der Waals surface area (Å²) in [4.78, 5) is 14.4. The molecular weight excluding hydrogens is 308 g/mol. The van der Waals surface area contributed by atoms with Gasteiger partial charge < -0.3 is 10.6 Å². The van der Waals surface area contributed by atoms with Crippen LogP contribution in [0.1, 0.15) is 22.5 Å². The number of H-pyrrole nitrogens is 1. The van der Waals surface area contributed by atoms with Crippen molar-refractivity contribution in [2.75, 3.05) is 17.2 Å². The van der Waals surface area contributed by atoms with Gasteiger partial charge in [-0.2, -0.15) is 5.10 Å². The maximum absolute atomic E-state index is 12.6. The molecule has 19 heavy (non-hydrogen) atoms. The summed E-state index contributed by atoms with van der Waals surface area (Å²) in [5.74, 6) is -0.0823. The number of halogens is 1. The van der Waals surface area contributed by atoms with Crippen molar-refractivity contribution in [1.29, 1.82) is 0 Å². The lowest BCUT2D eigenvalue weighted by atomic mass is 10.1. The number of nitrogen functional groups attached to an aromatic ring is 1. The number of para-hydroxylation sites is 1. The van der Waals surface area contributed by atoms with Gasteiger partial charge in [0.05, 0.1) is 28.8 Å². The minimum atomic E-state index is -0.0823. The number of hydrogen-bond acceptors (Lipinski definition) is 3. The van der Waals surface area contributed by atoms with E-state index in [0.29, 0.717) is 17.8 Å². The van der Waals surface area contributed by atoms with Crippen molar-refractivity contribution < 1.29 is 4.79 Å². The zero-order valence-corrected chi connectivity index (χ0v) is 11.8. The summed E-state index contributed by atoms with van der Waals surface area (Å²) in [7, 11) is 0. The molecule has 6 heteroatoms. The number of fused-ring (bicyclic) bond motifs is 1. The first-order valence-corrected chi connectivity index (χ1v) is 6.86. The molecule has 0 unspecified atom stereocenters. The number of nitrogens with one attached hydrogen (secondary N) is 1. The summed E-state index contributed by atoms with van der Waals surface area (Å²) in [5.41, 5.74) is 8.82. The van der Waals surface area contributed by atoms with Crippen molar-refractivity contribution >= 4 is 33.2 Å². The molecular formula is C13H13BrN4O. The van der Waals surface area contributed by atoms with E-state index in [1.54, 1.807) is 17.2 Å². The number of nitrogens with two attached hydrogens (primary N) is 1. The van der Waals surface area contributed by atoms with Crippen LogP contribution in [0.3, 0.4) is 0 Å². The second-order valence-electron chi connectivity index (χ2n) is 4.50. The SMILES string of the molecule is Nc1c(Br)cccc1C(=O)N1CCCc2[nH]ncc21. The Bertz CT molecular complexity index is 637. The Labute approximate surface area is 118 Å². The Morgan fingerprint density at radius 1 is 1.47 bits per heavy atom. The number of aryl methyl sites for hydroxylation is 1. The average molecular weight is 321 g/mol. The molecule has 0 spiro atoms. The van der Waals surface area contributed by atoms with Crippen LogP contribution in [0, 0.1) is 0 Å². The maximum atomic E-state index is 12.6. The monoisotopic (exact) mass is 320 g/mol. The molecule has 0 radical (unpaired) electrons. The van der Waals surface area contributed by atoms with Gasteiger partial charge in [0.2, 0.25) is 0 Å². The zero-order valence-electron chi connectivity index (χ0n) is 10.2. The van der Waals surface area contributed by atoms with E-state index in [1.165, 1.54) is 0 Å². The van der Waals surface area contributed by atoms with Crippen molar-refractivity contribution in [3.63, 3.8) is 0 Å². The van der Waals surface area contributed by atoms with Crippen LogP contribution in [-0.4, -0.2) is 22.6 Å². The van der Waals surface area contributed by atoms with E-state index in [4.69, 9.17) is 5.73 Å². The number of benzene rings is 1. The molecule has 1 aromatic heterocycles. The van der Waals surface area contributed by atoms with E-state index in [-0.39, 0.29) is 5.91 Å². The lowest BCUT2D eigenvalue weighted by molar-refractivity contribution is 0.0986. The van der Waals surface area contributed by atoms with E-state index in [2.05, 4.69) is 26.1 Å². The maximum Gasteiger partial charge on any atom is 0.260 e. The van der Waals surface area contributed by atoms with E-state index in [9.17, 15) is 4.79 Å². The minimum absolute atomic E-state index is 0.0823. The molecule has 0 fully saturated rings. The van der Waals surface area contributed by atoms with Crippen LogP contribution in [0.25, 0.3) is 0 Å². The van der Waals surface area contributed by atoms with E-state index in [1.807, 2.05) is 12.1 Å². The normalized spacial score (nSPS) is 14.3. The molecule has 0 aliphatic carbocycles. The van der Waals surface area contributed by atoms with Crippen molar-refractivity contribution in [2.45, 2.75) is 12.8 Å². The summed E-state index contributed by atoms with van der Waals surface area (Å²) >= 11 is 3.35. The van der Waals surface area contributed by atoms with Gasteiger partial charge in [0.15, 0.2) is 0 Å². The van der Waals surface area contributed by atoms with Crippen LogP contribution < -0.4 is 10.6 Å². The molecule has 2 heterocycles. The van der Waals surface area contributed by atoms with Gasteiger partial charge in [0.25, 0.3) is 5.91 Å². The van der Waals surface area contributed by atoms with Crippen LogP contribution in [0.5, 0.6) is 0 Å². The van der Waals surface area contributed by atoms with Gasteiger partial charge in [-0.15, -0.1) is 0 Å². The van der Waals surface area contributed by atoms with Gasteiger partial charge in [0, 0.05) is 11.0 Å². The predicted molar refractivity (Wildman–Crippen MR) is 77.1 cm³/mol. The summed E-state index contributed by atoms with van der Waals surface area (Å²) in [6.45, 7) is 0.692. The molecule has 3 N–H and O–H groups in total. The van der Waals surface area contributed by atoms with Gasteiger partial charge in [0.1, 0.15) is 0 Å². The number of nitrogens with zero attached hydrogens (tertiary/aromatic N) is 2. The van der Waals surface area contributed by atoms with Crippen LogP contribution >= 0.6 is 15.9 Å². The zero-order chi connectivity index (χ0) is 13.4. The van der Waals surface area contributed by atoms with Crippen molar-refractivity contribution in [3.05, 3.63) is 40.1 Å². The molecule has 1 aromatic carbocycles. The largest absolute Gasteiger partial charge is 0.397 e. The Morgan fingerprint density at radius 3 is 3.16 bits per heavy atom. The smallest absolute Gasteiger partial charge is 0.260 e. The number of carbonyl (C=O) groups excluding carboxylic acids is 1.